The van der Waals surface area contributed by atoms with Gasteiger partial charge in [0, 0.05) is 19.0 Å². The quantitative estimate of drug-likeness (QED) is 0.202. The summed E-state index contributed by atoms with van der Waals surface area (Å²) < 4.78 is 43.0. The summed E-state index contributed by atoms with van der Waals surface area (Å²) in [4.78, 5) is 29.4. The highest BCUT2D eigenvalue weighted by atomic mass is 35.5. The number of nitrogens with zero attached hydrogens (tertiary/aromatic N) is 2. The molecule has 0 aliphatic heterocycles. The van der Waals surface area contributed by atoms with E-state index in [2.05, 4.69) is 5.32 Å². The largest absolute Gasteiger partial charge is 0.352 e. The first-order chi connectivity index (χ1) is 21.0. The van der Waals surface area contributed by atoms with Crippen LogP contribution in [0.5, 0.6) is 0 Å². The van der Waals surface area contributed by atoms with Crippen molar-refractivity contribution in [3.05, 3.63) is 131 Å². The van der Waals surface area contributed by atoms with Crippen LogP contribution in [0, 0.1) is 12.7 Å². The lowest BCUT2D eigenvalue weighted by Gasteiger charge is -2.34. The predicted octanol–water partition coefficient (Wildman–Crippen LogP) is 6.15. The highest BCUT2D eigenvalue weighted by Gasteiger charge is 2.35. The molecule has 0 aliphatic rings. The van der Waals surface area contributed by atoms with Crippen LogP contribution in [0.2, 0.25) is 5.02 Å². The number of anilines is 1. The van der Waals surface area contributed by atoms with E-state index in [0.29, 0.717) is 0 Å². The third-order valence-corrected chi connectivity index (χ3v) is 9.05. The first-order valence-corrected chi connectivity index (χ1v) is 16.0. The summed E-state index contributed by atoms with van der Waals surface area (Å²) in [6.07, 6.45) is 0.199. The van der Waals surface area contributed by atoms with Crippen molar-refractivity contribution < 1.29 is 22.4 Å². The SMILES string of the molecule is Cc1ccc(CN(C(=O)CN(c2ccc(F)c(Cl)c2)S(=O)(=O)c2ccccc2)C(Cc2ccccc2)C(=O)NC(C)C)cc1. The van der Waals surface area contributed by atoms with Gasteiger partial charge in [-0.3, -0.25) is 13.9 Å². The van der Waals surface area contributed by atoms with Gasteiger partial charge >= 0.3 is 0 Å². The van der Waals surface area contributed by atoms with Gasteiger partial charge in [0.05, 0.1) is 15.6 Å². The zero-order chi connectivity index (χ0) is 31.9. The van der Waals surface area contributed by atoms with Crippen LogP contribution in [-0.4, -0.2) is 43.8 Å². The van der Waals surface area contributed by atoms with Gasteiger partial charge in [-0.1, -0.05) is 90.0 Å². The van der Waals surface area contributed by atoms with Gasteiger partial charge in [-0.25, -0.2) is 12.8 Å². The van der Waals surface area contributed by atoms with Gasteiger partial charge in [0.1, 0.15) is 18.4 Å². The average molecular weight is 636 g/mol. The van der Waals surface area contributed by atoms with Crippen molar-refractivity contribution in [2.75, 3.05) is 10.8 Å². The van der Waals surface area contributed by atoms with Gasteiger partial charge in [0.15, 0.2) is 0 Å². The normalized spacial score (nSPS) is 12.0. The van der Waals surface area contributed by atoms with E-state index in [1.54, 1.807) is 18.2 Å². The monoisotopic (exact) mass is 635 g/mol. The fourth-order valence-corrected chi connectivity index (χ4v) is 6.32. The van der Waals surface area contributed by atoms with Gasteiger partial charge in [0.2, 0.25) is 11.8 Å². The summed E-state index contributed by atoms with van der Waals surface area (Å²) in [5.41, 5.74) is 2.63. The van der Waals surface area contributed by atoms with Crippen LogP contribution in [0.15, 0.2) is 108 Å². The van der Waals surface area contributed by atoms with E-state index in [0.717, 1.165) is 27.1 Å². The minimum Gasteiger partial charge on any atom is -0.352 e. The molecule has 10 heteroatoms. The number of hydrogen-bond donors (Lipinski definition) is 1. The molecule has 1 N–H and O–H groups in total. The van der Waals surface area contributed by atoms with E-state index in [9.17, 15) is 22.4 Å². The number of rotatable bonds is 12. The minimum absolute atomic E-state index is 0.00938. The van der Waals surface area contributed by atoms with Crippen LogP contribution in [0.1, 0.15) is 30.5 Å². The van der Waals surface area contributed by atoms with Gasteiger partial charge in [0.25, 0.3) is 10.0 Å². The lowest BCUT2D eigenvalue weighted by atomic mass is 10.0. The Balaban J connectivity index is 1.81. The molecule has 7 nitrogen and oxygen atoms in total. The Hall–Kier alpha value is -4.21. The number of sulfonamides is 1. The van der Waals surface area contributed by atoms with Crippen molar-refractivity contribution in [3.63, 3.8) is 0 Å². The number of carbonyl (C=O) groups excluding carboxylic acids is 2. The van der Waals surface area contributed by atoms with Gasteiger partial charge in [-0.15, -0.1) is 0 Å². The fourth-order valence-electron chi connectivity index (χ4n) is 4.71. The molecule has 1 unspecified atom stereocenters. The Morgan fingerprint density at radius 1 is 0.864 bits per heavy atom. The van der Waals surface area contributed by atoms with E-state index < -0.39 is 34.3 Å². The Labute approximate surface area is 263 Å². The summed E-state index contributed by atoms with van der Waals surface area (Å²) in [5.74, 6) is -1.72. The molecule has 0 aromatic heterocycles. The van der Waals surface area contributed by atoms with Crippen LogP contribution in [0.3, 0.4) is 0 Å². The topological polar surface area (TPSA) is 86.8 Å². The van der Waals surface area contributed by atoms with Crippen molar-refractivity contribution in [2.24, 2.45) is 0 Å². The zero-order valence-electron chi connectivity index (χ0n) is 24.8. The molecule has 4 rings (SSSR count). The van der Waals surface area contributed by atoms with Crippen LogP contribution in [-0.2, 0) is 32.6 Å². The molecule has 0 heterocycles. The first kappa shape index (κ1) is 32.7. The second kappa shape index (κ2) is 14.5. The second-order valence-corrected chi connectivity index (χ2v) is 13.1. The van der Waals surface area contributed by atoms with Crippen LogP contribution < -0.4 is 9.62 Å². The lowest BCUT2D eigenvalue weighted by molar-refractivity contribution is -0.140. The van der Waals surface area contributed by atoms with E-state index in [1.165, 1.54) is 29.2 Å². The van der Waals surface area contributed by atoms with Crippen LogP contribution in [0.4, 0.5) is 10.1 Å². The lowest BCUT2D eigenvalue weighted by Crippen LogP contribution is -2.54. The highest BCUT2D eigenvalue weighted by molar-refractivity contribution is 7.92. The van der Waals surface area contributed by atoms with Gasteiger partial charge < -0.3 is 10.2 Å². The Morgan fingerprint density at radius 2 is 1.48 bits per heavy atom. The molecule has 1 atom stereocenters. The molecule has 0 bridgehead atoms. The molecule has 0 fully saturated rings. The molecule has 0 radical (unpaired) electrons. The third kappa shape index (κ3) is 8.24. The minimum atomic E-state index is -4.31. The molecule has 4 aromatic rings. The number of benzene rings is 4. The summed E-state index contributed by atoms with van der Waals surface area (Å²) >= 11 is 6.06. The van der Waals surface area contributed by atoms with Crippen molar-refractivity contribution in [1.82, 2.24) is 10.2 Å². The van der Waals surface area contributed by atoms with Crippen molar-refractivity contribution >= 4 is 39.1 Å². The van der Waals surface area contributed by atoms with Crippen LogP contribution in [0.25, 0.3) is 0 Å². The molecule has 0 saturated carbocycles. The second-order valence-electron chi connectivity index (χ2n) is 10.8. The molecule has 230 valence electrons. The average Bonchev–Trinajstić information content (AvgIpc) is 3.00. The summed E-state index contributed by atoms with van der Waals surface area (Å²) in [6.45, 7) is 4.99. The summed E-state index contributed by atoms with van der Waals surface area (Å²) in [5, 5.41) is 2.63. The van der Waals surface area contributed by atoms with Gasteiger partial charge in [-0.2, -0.15) is 0 Å². The Bertz CT molecular complexity index is 1690. The molecule has 2 amide bonds. The number of amides is 2. The first-order valence-electron chi connectivity index (χ1n) is 14.2. The maximum absolute atomic E-state index is 14.4. The number of aryl methyl sites for hydroxylation is 1. The fraction of sp³-hybridized carbons (Fsp3) is 0.235. The maximum atomic E-state index is 14.4. The third-order valence-electron chi connectivity index (χ3n) is 6.98. The molecule has 0 aliphatic carbocycles. The Morgan fingerprint density at radius 3 is 2.07 bits per heavy atom. The summed E-state index contributed by atoms with van der Waals surface area (Å²) in [7, 11) is -4.31. The summed E-state index contributed by atoms with van der Waals surface area (Å²) in [6, 6.07) is 26.8. The smallest absolute Gasteiger partial charge is 0.264 e. The molecule has 44 heavy (non-hydrogen) atoms. The number of carbonyl (C=O) groups is 2. The van der Waals surface area contributed by atoms with Crippen molar-refractivity contribution in [3.8, 4) is 0 Å². The zero-order valence-corrected chi connectivity index (χ0v) is 26.4. The predicted molar refractivity (Wildman–Crippen MR) is 171 cm³/mol. The maximum Gasteiger partial charge on any atom is 0.264 e. The van der Waals surface area contributed by atoms with Crippen molar-refractivity contribution in [2.45, 2.75) is 50.7 Å². The molecular formula is C34H35ClFN3O4S. The van der Waals surface area contributed by atoms with Gasteiger partial charge in [-0.05, 0) is 62.2 Å². The molecule has 0 spiro atoms. The number of nitrogens with one attached hydrogen (secondary N) is 1. The molecule has 4 aromatic carbocycles. The standard InChI is InChI=1S/C34H35ClFN3O4S/c1-24(2)37-34(41)32(20-26-10-6-4-7-11-26)38(22-27-16-14-25(3)15-17-27)33(40)23-39(28-18-19-31(36)30(35)21-28)44(42,43)29-12-8-5-9-13-29/h4-19,21,24,32H,20,22-23H2,1-3H3,(H,37,41). The Kier molecular flexibility index (Phi) is 10.8. The molecule has 0 saturated heterocycles. The van der Waals surface area contributed by atoms with Crippen molar-refractivity contribution in [1.29, 1.82) is 0 Å². The number of halogens is 2. The van der Waals surface area contributed by atoms with E-state index in [-0.39, 0.29) is 40.5 Å². The van der Waals surface area contributed by atoms with E-state index in [4.69, 9.17) is 11.6 Å². The van der Waals surface area contributed by atoms with E-state index >= 15 is 0 Å². The number of hydrogen-bond acceptors (Lipinski definition) is 4. The highest BCUT2D eigenvalue weighted by Crippen LogP contribution is 2.28. The van der Waals surface area contributed by atoms with Crippen LogP contribution >= 0.6 is 11.6 Å². The molecular weight excluding hydrogens is 601 g/mol. The van der Waals surface area contributed by atoms with E-state index in [1.807, 2.05) is 75.4 Å².